The van der Waals surface area contributed by atoms with Crippen molar-refractivity contribution in [3.05, 3.63) is 118 Å². The number of hydroxylamine groups is 2. The number of carbonyl (C=O) groups excluding carboxylic acids is 3. The van der Waals surface area contributed by atoms with E-state index in [1.54, 1.807) is 28.3 Å². The summed E-state index contributed by atoms with van der Waals surface area (Å²) in [6.45, 7) is 10.0. The summed E-state index contributed by atoms with van der Waals surface area (Å²) in [5.41, 5.74) is 6.87. The average Bonchev–Trinajstić information content (AvgIpc) is 3.96. The standard InChI is InChI=1S/C55H67N3O17S3/c1-36-32-41(76-75-74-62)34-44-51(36)57(28-31-71-7)47(54(44,3)25-29-69-5)22-16-39-13-11-12-38(53(39)72-40-17-19-42(20-18-40)77(63,64)65)15-21-46-55(4,26-30-70-6)45-35-43(78(66,67)68)33-37(2)52(45)56(46)27-10-8-9-14-50(61)73-58-48(59)23-24-49(58)60/h15-22,32-35H,8-14,23-31H2,1-7H3,(H2-,62,63,64,65,66,67,68)/p+1. The summed E-state index contributed by atoms with van der Waals surface area (Å²) in [5.74, 6) is -0.991. The fourth-order valence-electron chi connectivity index (χ4n) is 10.8. The summed E-state index contributed by atoms with van der Waals surface area (Å²) < 4.78 is 101. The molecule has 2 atom stereocenters. The van der Waals surface area contributed by atoms with Gasteiger partial charge < -0.3 is 28.7 Å². The molecule has 0 bridgehead atoms. The smallest absolute Gasteiger partial charge is 0.333 e. The summed E-state index contributed by atoms with van der Waals surface area (Å²) in [6, 6.07) is 12.4. The molecule has 3 aliphatic heterocycles. The van der Waals surface area contributed by atoms with Gasteiger partial charge in [-0.1, -0.05) is 11.1 Å². The van der Waals surface area contributed by atoms with E-state index < -0.39 is 48.8 Å². The zero-order chi connectivity index (χ0) is 56.6. The van der Waals surface area contributed by atoms with E-state index in [0.29, 0.717) is 110 Å². The molecule has 2 amide bonds. The first-order valence-corrected chi connectivity index (χ1v) is 29.2. The van der Waals surface area contributed by atoms with Gasteiger partial charge in [-0.05, 0) is 156 Å². The number of hydrogen-bond donors (Lipinski definition) is 3. The van der Waals surface area contributed by atoms with E-state index in [1.165, 1.54) is 36.4 Å². The summed E-state index contributed by atoms with van der Waals surface area (Å²) >= 11 is 0.878. The van der Waals surface area contributed by atoms with E-state index in [9.17, 15) is 40.3 Å². The summed E-state index contributed by atoms with van der Waals surface area (Å²) in [7, 11) is -4.25. The van der Waals surface area contributed by atoms with Crippen LogP contribution < -0.4 is 9.64 Å². The van der Waals surface area contributed by atoms with Crippen molar-refractivity contribution in [2.24, 2.45) is 0 Å². The molecule has 2 unspecified atom stereocenters. The molecule has 0 aromatic heterocycles. The number of nitrogens with zero attached hydrogens (tertiary/aromatic N) is 3. The molecule has 0 saturated carbocycles. The molecule has 78 heavy (non-hydrogen) atoms. The van der Waals surface area contributed by atoms with Crippen molar-refractivity contribution in [3.63, 3.8) is 0 Å². The number of rotatable bonds is 26. The Morgan fingerprint density at radius 2 is 1.44 bits per heavy atom. The second-order valence-corrected chi connectivity index (χ2v) is 23.6. The SMILES string of the molecule is COCCN1C(=CC=C2CCCC(C=CC3=[N+](CCCCCC(=O)ON4C(=O)CCC4=O)c4c(C)cc(S(=O)(=O)O)cc4C3(C)CCOC)=C2Oc2ccc(S(=O)(=O)O)cc2)C(C)(CCOC)c2cc(SOOO)cc(C)c21. The highest BCUT2D eigenvalue weighted by Gasteiger charge is 2.49. The second kappa shape index (κ2) is 25.7. The van der Waals surface area contributed by atoms with Crippen LogP contribution in [0.3, 0.4) is 0 Å². The highest BCUT2D eigenvalue weighted by atomic mass is 32.2. The van der Waals surface area contributed by atoms with Crippen molar-refractivity contribution < 1.29 is 83.3 Å². The number of amides is 2. The molecule has 1 aliphatic carbocycles. The zero-order valence-corrected chi connectivity index (χ0v) is 47.3. The van der Waals surface area contributed by atoms with Gasteiger partial charge in [0.2, 0.25) is 5.69 Å². The van der Waals surface area contributed by atoms with Crippen molar-refractivity contribution >= 4 is 67.1 Å². The third kappa shape index (κ3) is 13.4. The van der Waals surface area contributed by atoms with Gasteiger partial charge >= 0.3 is 5.97 Å². The van der Waals surface area contributed by atoms with Crippen LogP contribution in [-0.4, -0.2) is 119 Å². The van der Waals surface area contributed by atoms with Gasteiger partial charge in [-0.25, -0.2) is 10.1 Å². The molecular weight excluding hydrogens is 1070 g/mol. The summed E-state index contributed by atoms with van der Waals surface area (Å²) in [6.07, 6.45) is 12.4. The Balaban J connectivity index is 1.35. The van der Waals surface area contributed by atoms with Crippen LogP contribution in [0, 0.1) is 13.8 Å². The van der Waals surface area contributed by atoms with Crippen molar-refractivity contribution in [2.75, 3.05) is 59.1 Å². The summed E-state index contributed by atoms with van der Waals surface area (Å²) in [4.78, 5) is 44.3. The zero-order valence-electron chi connectivity index (χ0n) is 44.9. The Hall–Kier alpha value is -5.57. The molecule has 4 aliphatic rings. The molecule has 1 saturated heterocycles. The van der Waals surface area contributed by atoms with E-state index in [-0.39, 0.29) is 35.7 Å². The fourth-order valence-corrected chi connectivity index (χ4v) is 12.3. The van der Waals surface area contributed by atoms with Crippen LogP contribution >= 0.6 is 12.0 Å². The first-order valence-electron chi connectivity index (χ1n) is 25.6. The molecular formula is C55H68N3O17S3+. The fraction of sp³-hybridized carbons (Fsp3) is 0.455. The molecule has 3 N–H and O–H groups in total. The number of imide groups is 1. The van der Waals surface area contributed by atoms with Crippen molar-refractivity contribution in [1.29, 1.82) is 0 Å². The number of benzene rings is 3. The second-order valence-electron chi connectivity index (χ2n) is 20.0. The minimum absolute atomic E-state index is 0.0119. The number of unbranched alkanes of at least 4 members (excludes halogenated alkanes) is 2. The topological polar surface area (TPSA) is 254 Å². The van der Waals surface area contributed by atoms with Crippen LogP contribution in [0.4, 0.5) is 11.4 Å². The number of allylic oxidation sites excluding steroid dienone is 7. The maximum atomic E-state index is 12.8. The normalized spacial score (nSPS) is 20.8. The lowest BCUT2D eigenvalue weighted by molar-refractivity contribution is -0.439. The molecule has 3 aromatic rings. The van der Waals surface area contributed by atoms with E-state index in [2.05, 4.69) is 27.5 Å². The number of ether oxygens (including phenoxy) is 4. The van der Waals surface area contributed by atoms with Gasteiger partial charge in [-0.15, -0.1) is 9.40 Å². The van der Waals surface area contributed by atoms with Gasteiger partial charge in [0.05, 0.1) is 33.9 Å². The Bertz CT molecular complexity index is 3150. The number of anilines is 1. The van der Waals surface area contributed by atoms with Crippen LogP contribution in [0.25, 0.3) is 0 Å². The van der Waals surface area contributed by atoms with Crippen LogP contribution in [-0.2, 0) is 73.9 Å². The third-order valence-electron chi connectivity index (χ3n) is 14.7. The number of aryl methyl sites for hydroxylation is 2. The molecule has 1 fully saturated rings. The van der Waals surface area contributed by atoms with Crippen LogP contribution in [0.1, 0.15) is 107 Å². The quantitative estimate of drug-likeness (QED) is 0.0129. The predicted molar refractivity (Wildman–Crippen MR) is 288 cm³/mol. The van der Waals surface area contributed by atoms with Crippen molar-refractivity contribution in [2.45, 2.75) is 124 Å². The van der Waals surface area contributed by atoms with Crippen LogP contribution in [0.2, 0.25) is 0 Å². The molecule has 0 spiro atoms. The maximum Gasteiger partial charge on any atom is 0.333 e. The lowest BCUT2D eigenvalue weighted by atomic mass is 9.76. The van der Waals surface area contributed by atoms with Gasteiger partial charge in [0.15, 0.2) is 5.71 Å². The first kappa shape index (κ1) is 60.1. The Morgan fingerprint density at radius 1 is 0.769 bits per heavy atom. The monoisotopic (exact) mass is 1140 g/mol. The maximum absolute atomic E-state index is 12.8. The minimum atomic E-state index is -4.62. The lowest BCUT2D eigenvalue weighted by Gasteiger charge is -2.30. The van der Waals surface area contributed by atoms with Gasteiger partial charge in [0, 0.05) is 106 Å². The predicted octanol–water partition coefficient (Wildman–Crippen LogP) is 9.13. The van der Waals surface area contributed by atoms with Gasteiger partial charge in [-0.2, -0.15) is 21.4 Å². The van der Waals surface area contributed by atoms with Crippen molar-refractivity contribution in [3.8, 4) is 5.75 Å². The van der Waals surface area contributed by atoms with Gasteiger partial charge in [0.25, 0.3) is 32.1 Å². The third-order valence-corrected chi connectivity index (χ3v) is 17.0. The Morgan fingerprint density at radius 3 is 2.08 bits per heavy atom. The number of fused-ring (bicyclic) bond motifs is 2. The first-order chi connectivity index (χ1) is 37.1. The van der Waals surface area contributed by atoms with Gasteiger partial charge in [-0.3, -0.25) is 18.7 Å². The molecule has 20 nitrogen and oxygen atoms in total. The molecule has 422 valence electrons. The van der Waals surface area contributed by atoms with Crippen LogP contribution in [0.15, 0.2) is 110 Å². The van der Waals surface area contributed by atoms with E-state index in [0.717, 1.165) is 57.1 Å². The van der Waals surface area contributed by atoms with E-state index >= 15 is 0 Å². The molecule has 0 radical (unpaired) electrons. The minimum Gasteiger partial charge on any atom is -0.457 e. The number of hydrogen-bond acceptors (Lipinski definition) is 17. The largest absolute Gasteiger partial charge is 0.457 e. The van der Waals surface area contributed by atoms with E-state index in [1.807, 2.05) is 44.2 Å². The molecule has 3 aromatic carbocycles. The average molecular weight is 1140 g/mol. The molecule has 3 heterocycles. The van der Waals surface area contributed by atoms with Crippen molar-refractivity contribution in [1.82, 2.24) is 5.06 Å². The highest BCUT2D eigenvalue weighted by molar-refractivity contribution is 7.94. The molecule has 23 heteroatoms. The van der Waals surface area contributed by atoms with Gasteiger partial charge in [0.1, 0.15) is 18.1 Å². The van der Waals surface area contributed by atoms with E-state index in [4.69, 9.17) is 33.4 Å². The number of carbonyl (C=O) groups is 3. The number of methoxy groups -OCH3 is 3. The Labute approximate surface area is 459 Å². The van der Waals surface area contributed by atoms with Crippen LogP contribution in [0.5, 0.6) is 5.75 Å². The Kier molecular flexibility index (Phi) is 19.8. The summed E-state index contributed by atoms with van der Waals surface area (Å²) in [5, 5.41) is 13.5. The highest BCUT2D eigenvalue weighted by Crippen LogP contribution is 2.53. The molecule has 7 rings (SSSR count). The lowest BCUT2D eigenvalue weighted by Crippen LogP contribution is -2.33.